The zero-order valence-corrected chi connectivity index (χ0v) is 13.6. The van der Waals surface area contributed by atoms with Crippen LogP contribution in [0, 0.1) is 0 Å². The van der Waals surface area contributed by atoms with Gasteiger partial charge in [-0.3, -0.25) is 0 Å². The first-order valence-electron chi connectivity index (χ1n) is 5.23. The summed E-state index contributed by atoms with van der Waals surface area (Å²) in [7, 11) is 0. The molecule has 0 rings (SSSR count). The predicted octanol–water partition coefficient (Wildman–Crippen LogP) is -0.885. The summed E-state index contributed by atoms with van der Waals surface area (Å²) in [5, 5.41) is 26.5. The number of allylic oxidation sites excluding steroid dienone is 3. The van der Waals surface area contributed by atoms with Gasteiger partial charge in [-0.1, -0.05) is 32.1 Å². The van der Waals surface area contributed by atoms with Crippen LogP contribution in [0.5, 0.6) is 0 Å². The molecule has 6 nitrogen and oxygen atoms in total. The van der Waals surface area contributed by atoms with E-state index in [1.807, 2.05) is 6.92 Å². The maximum atomic E-state index is 9.75. The van der Waals surface area contributed by atoms with E-state index in [0.29, 0.717) is 0 Å². The van der Waals surface area contributed by atoms with E-state index < -0.39 is 17.9 Å². The summed E-state index contributed by atoms with van der Waals surface area (Å²) in [4.78, 5) is 28.3. The topological polar surface area (TPSA) is 118 Å². The molecule has 0 aliphatic carbocycles. The van der Waals surface area contributed by atoms with Gasteiger partial charge in [-0.05, 0) is 19.8 Å². The first kappa shape index (κ1) is 26.7. The Morgan fingerprint density at radius 2 is 1.32 bits per heavy atom. The van der Waals surface area contributed by atoms with Gasteiger partial charge in [0.25, 0.3) is 0 Å². The fourth-order valence-corrected chi connectivity index (χ4v) is 0.249. The molecule has 0 unspecified atom stereocenters. The fraction of sp³-hybridized carbons (Fsp3) is 0.417. The Kier molecular flexibility index (Phi) is 31.3. The number of carboxylic acid groups (broad SMARTS) is 3. The summed E-state index contributed by atoms with van der Waals surface area (Å²) < 4.78 is 0. The molecule has 7 heteroatoms. The molecule has 0 aliphatic rings. The van der Waals surface area contributed by atoms with Crippen molar-refractivity contribution >= 4 is 55.6 Å². The summed E-state index contributed by atoms with van der Waals surface area (Å²) in [5.41, 5.74) is 0. The molecule has 104 valence electrons. The monoisotopic (exact) mass is 298 g/mol. The third-order valence-corrected chi connectivity index (χ3v) is 1.12. The maximum absolute atomic E-state index is 9.75. The molecule has 0 atom stereocenters. The van der Waals surface area contributed by atoms with Crippen molar-refractivity contribution in [1.82, 2.24) is 0 Å². The molecule has 0 aromatic rings. The van der Waals surface area contributed by atoms with Crippen molar-refractivity contribution in [1.29, 1.82) is 0 Å². The van der Waals surface area contributed by atoms with Gasteiger partial charge in [0.1, 0.15) is 0 Å². The van der Waals surface area contributed by atoms with E-state index in [4.69, 9.17) is 5.11 Å². The molecule has 1 N–H and O–H groups in total. The Hall–Kier alpha value is -0.850. The van der Waals surface area contributed by atoms with Gasteiger partial charge in [0.15, 0.2) is 0 Å². The second-order valence-corrected chi connectivity index (χ2v) is 2.67. The van der Waals surface area contributed by atoms with E-state index >= 15 is 0 Å². The van der Waals surface area contributed by atoms with Crippen molar-refractivity contribution in [3.8, 4) is 0 Å². The number of carboxylic acids is 3. The Morgan fingerprint density at radius 3 is 1.47 bits per heavy atom. The summed E-state index contributed by atoms with van der Waals surface area (Å²) in [6.07, 6.45) is 6.20. The minimum absolute atomic E-state index is 0. The minimum Gasteiger partial charge on any atom is -0.550 e. The van der Waals surface area contributed by atoms with Gasteiger partial charge in [0.2, 0.25) is 0 Å². The van der Waals surface area contributed by atoms with Crippen molar-refractivity contribution < 1.29 is 29.7 Å². The molecule has 0 fully saturated rings. The molecular formula is C12H18CaO6. The van der Waals surface area contributed by atoms with E-state index in [1.165, 1.54) is 19.9 Å². The van der Waals surface area contributed by atoms with Crippen LogP contribution in [0.25, 0.3) is 0 Å². The minimum atomic E-state index is -0.995. The van der Waals surface area contributed by atoms with Crippen LogP contribution in [0.2, 0.25) is 0 Å². The summed E-state index contributed by atoms with van der Waals surface area (Å²) in [6, 6.07) is 0. The average Bonchev–Trinajstić information content (AvgIpc) is 2.30. The molecule has 0 heterocycles. The van der Waals surface area contributed by atoms with Crippen molar-refractivity contribution in [2.75, 3.05) is 0 Å². The van der Waals surface area contributed by atoms with Crippen LogP contribution < -0.4 is 10.2 Å². The summed E-state index contributed by atoms with van der Waals surface area (Å²) in [5.74, 6) is -2.90. The van der Waals surface area contributed by atoms with Crippen LogP contribution in [0.1, 0.15) is 33.6 Å². The summed E-state index contributed by atoms with van der Waals surface area (Å²) >= 11 is 0. The second-order valence-electron chi connectivity index (χ2n) is 2.67. The third kappa shape index (κ3) is 59.3. The van der Waals surface area contributed by atoms with Crippen LogP contribution in [0.15, 0.2) is 24.3 Å². The number of hydrogen-bond acceptors (Lipinski definition) is 5. The molecule has 0 bridgehead atoms. The molecule has 0 aromatic carbocycles. The van der Waals surface area contributed by atoms with Gasteiger partial charge >= 0.3 is 43.7 Å². The molecule has 0 radical (unpaired) electrons. The first-order chi connectivity index (χ1) is 8.31. The maximum Gasteiger partial charge on any atom is 2.00 e. The molecule has 0 aromatic heterocycles. The largest absolute Gasteiger partial charge is 2.00 e. The SMILES string of the molecule is C/C=C/C=C/C(=O)O.CCC(=O)[O-].CCC(=O)[O-].[Ca+2]. The predicted molar refractivity (Wildman–Crippen MR) is 67.9 cm³/mol. The second kappa shape index (κ2) is 22.3. The quantitative estimate of drug-likeness (QED) is 0.409. The zero-order chi connectivity index (χ0) is 15.0. The Morgan fingerprint density at radius 1 is 1.00 bits per heavy atom. The first-order valence-corrected chi connectivity index (χ1v) is 5.23. The Balaban J connectivity index is -0.0000000906. The fourth-order valence-electron chi connectivity index (χ4n) is 0.249. The van der Waals surface area contributed by atoms with Gasteiger partial charge in [0, 0.05) is 18.0 Å². The van der Waals surface area contributed by atoms with Crippen molar-refractivity contribution in [3.05, 3.63) is 24.3 Å². The number of aliphatic carboxylic acids is 3. The molecule has 0 amide bonds. The van der Waals surface area contributed by atoms with Crippen LogP contribution >= 0.6 is 0 Å². The van der Waals surface area contributed by atoms with Crippen molar-refractivity contribution in [2.45, 2.75) is 33.6 Å². The number of carbonyl (C=O) groups excluding carboxylic acids is 2. The van der Waals surface area contributed by atoms with E-state index in [1.54, 1.807) is 12.2 Å². The zero-order valence-electron chi connectivity index (χ0n) is 11.4. The standard InChI is InChI=1S/C6H8O2.2C3H6O2.Ca/c1-2-3-4-5-6(7)8;2*1-2-3(4)5;/h2-5H,1H3,(H,7,8);2*2H2,1H3,(H,4,5);/q;;;+2/p-2/b3-2+,5-4+;;;. The van der Waals surface area contributed by atoms with E-state index in [9.17, 15) is 24.6 Å². The van der Waals surface area contributed by atoms with Gasteiger partial charge in [-0.25, -0.2) is 4.79 Å². The molecule has 0 spiro atoms. The molecule has 0 aliphatic heterocycles. The Bertz CT molecular complexity index is 283. The van der Waals surface area contributed by atoms with E-state index in [0.717, 1.165) is 6.08 Å². The molecule has 0 saturated carbocycles. The number of rotatable bonds is 4. The van der Waals surface area contributed by atoms with Gasteiger partial charge < -0.3 is 24.9 Å². The van der Waals surface area contributed by atoms with Gasteiger partial charge in [-0.15, -0.1) is 0 Å². The van der Waals surface area contributed by atoms with Gasteiger partial charge in [-0.2, -0.15) is 0 Å². The molecule has 19 heavy (non-hydrogen) atoms. The van der Waals surface area contributed by atoms with E-state index in [-0.39, 0.29) is 50.6 Å². The van der Waals surface area contributed by atoms with Crippen LogP contribution in [0.3, 0.4) is 0 Å². The number of carbonyl (C=O) groups is 3. The van der Waals surface area contributed by atoms with Crippen LogP contribution in [-0.4, -0.2) is 60.8 Å². The third-order valence-electron chi connectivity index (χ3n) is 1.12. The van der Waals surface area contributed by atoms with Crippen molar-refractivity contribution in [2.24, 2.45) is 0 Å². The van der Waals surface area contributed by atoms with E-state index in [2.05, 4.69) is 0 Å². The average molecular weight is 298 g/mol. The molecular weight excluding hydrogens is 280 g/mol. The summed E-state index contributed by atoms with van der Waals surface area (Å²) in [6.45, 7) is 4.90. The number of hydrogen-bond donors (Lipinski definition) is 1. The van der Waals surface area contributed by atoms with Crippen molar-refractivity contribution in [3.63, 3.8) is 0 Å². The van der Waals surface area contributed by atoms with Crippen LogP contribution in [0.4, 0.5) is 0 Å². The van der Waals surface area contributed by atoms with Crippen LogP contribution in [-0.2, 0) is 14.4 Å². The molecule has 0 saturated heterocycles. The normalized spacial score (nSPS) is 8.58. The smallest absolute Gasteiger partial charge is 0.550 e. The van der Waals surface area contributed by atoms with Gasteiger partial charge in [0.05, 0.1) is 0 Å². The Labute approximate surface area is 142 Å².